The largest absolute Gasteiger partial charge is 0.395 e. The fraction of sp³-hybridized carbons (Fsp3) is 0.333. The first-order valence-corrected chi connectivity index (χ1v) is 5.61. The maximum Gasteiger partial charge on any atom is 0.251 e. The van der Waals surface area contributed by atoms with Crippen LogP contribution in [0.1, 0.15) is 12.8 Å². The number of likely N-dealkylation sites (N-methyl/N-ethyl adjacent to an activating group) is 1. The summed E-state index contributed by atoms with van der Waals surface area (Å²) in [4.78, 5) is 24.2. The molecule has 18 heavy (non-hydrogen) atoms. The normalized spacial score (nSPS) is 20.1. The number of nitrogens with zero attached hydrogens (tertiary/aromatic N) is 1. The Morgan fingerprint density at radius 3 is 2.89 bits per heavy atom. The topological polar surface area (TPSA) is 75.4 Å². The van der Waals surface area contributed by atoms with Crippen LogP contribution in [0.5, 0.6) is 0 Å². The van der Waals surface area contributed by atoms with Gasteiger partial charge in [-0.05, 0) is 18.6 Å². The van der Waals surface area contributed by atoms with Crippen molar-refractivity contribution in [1.29, 1.82) is 0 Å². The first-order valence-electron chi connectivity index (χ1n) is 5.61. The zero-order chi connectivity index (χ0) is 13.3. The number of benzene rings is 1. The van der Waals surface area contributed by atoms with Crippen molar-refractivity contribution in [2.75, 3.05) is 18.1 Å². The van der Waals surface area contributed by atoms with Gasteiger partial charge in [0, 0.05) is 13.5 Å². The molecule has 0 radical (unpaired) electrons. The number of amides is 2. The van der Waals surface area contributed by atoms with Crippen molar-refractivity contribution in [3.8, 4) is 0 Å². The molecule has 1 heterocycles. The number of halogens is 1. The standard InChI is InChI=1S/C12H14FN3O2/c1-16-10(17)6-5-9(12(16)18)15-8-4-2-3-7(13)11(8)14/h2-4,9,15H,5-6,14H2,1H3. The second-order valence-electron chi connectivity index (χ2n) is 4.23. The van der Waals surface area contributed by atoms with E-state index in [9.17, 15) is 14.0 Å². The van der Waals surface area contributed by atoms with Gasteiger partial charge in [-0.15, -0.1) is 0 Å². The van der Waals surface area contributed by atoms with Crippen LogP contribution in [-0.4, -0.2) is 29.8 Å². The smallest absolute Gasteiger partial charge is 0.251 e. The van der Waals surface area contributed by atoms with Crippen LogP contribution in [0.3, 0.4) is 0 Å². The SMILES string of the molecule is CN1C(=O)CCC(Nc2cccc(F)c2N)C1=O. The van der Waals surface area contributed by atoms with Crippen LogP contribution < -0.4 is 11.1 Å². The average molecular weight is 251 g/mol. The summed E-state index contributed by atoms with van der Waals surface area (Å²) in [6, 6.07) is 3.81. The predicted octanol–water partition coefficient (Wildman–Crippen LogP) is 0.967. The van der Waals surface area contributed by atoms with Gasteiger partial charge in [-0.3, -0.25) is 14.5 Å². The molecule has 1 aliphatic heterocycles. The molecular weight excluding hydrogens is 237 g/mol. The second kappa shape index (κ2) is 4.64. The van der Waals surface area contributed by atoms with Crippen molar-refractivity contribution in [2.24, 2.45) is 0 Å². The van der Waals surface area contributed by atoms with Crippen LogP contribution in [0.2, 0.25) is 0 Å². The fourth-order valence-electron chi connectivity index (χ4n) is 1.90. The van der Waals surface area contributed by atoms with Gasteiger partial charge in [-0.2, -0.15) is 0 Å². The lowest BCUT2D eigenvalue weighted by molar-refractivity contribution is -0.146. The number of imide groups is 1. The quantitative estimate of drug-likeness (QED) is 0.606. The summed E-state index contributed by atoms with van der Waals surface area (Å²) in [5, 5.41) is 2.88. The summed E-state index contributed by atoms with van der Waals surface area (Å²) in [5.74, 6) is -1.06. The molecule has 0 aliphatic carbocycles. The Labute approximate surface area is 104 Å². The highest BCUT2D eigenvalue weighted by Gasteiger charge is 2.31. The molecule has 1 aliphatic rings. The molecule has 0 aromatic heterocycles. The Morgan fingerprint density at radius 1 is 1.44 bits per heavy atom. The van der Waals surface area contributed by atoms with E-state index in [-0.39, 0.29) is 23.9 Å². The lowest BCUT2D eigenvalue weighted by Gasteiger charge is -2.29. The van der Waals surface area contributed by atoms with Crippen LogP contribution in [0.25, 0.3) is 0 Å². The number of piperidine rings is 1. The van der Waals surface area contributed by atoms with Gasteiger partial charge in [0.1, 0.15) is 11.9 Å². The van der Waals surface area contributed by atoms with Crippen molar-refractivity contribution < 1.29 is 14.0 Å². The fourth-order valence-corrected chi connectivity index (χ4v) is 1.90. The number of carbonyl (C=O) groups is 2. The Bertz CT molecular complexity index is 504. The monoisotopic (exact) mass is 251 g/mol. The summed E-state index contributed by atoms with van der Waals surface area (Å²) in [7, 11) is 1.44. The molecule has 3 N–H and O–H groups in total. The van der Waals surface area contributed by atoms with Gasteiger partial charge in [-0.25, -0.2) is 4.39 Å². The molecule has 0 spiro atoms. The summed E-state index contributed by atoms with van der Waals surface area (Å²) in [6.07, 6.45) is 0.674. The Morgan fingerprint density at radius 2 is 2.17 bits per heavy atom. The van der Waals surface area contributed by atoms with E-state index in [0.29, 0.717) is 12.1 Å². The van der Waals surface area contributed by atoms with Gasteiger partial charge in [-0.1, -0.05) is 6.07 Å². The molecule has 1 aromatic carbocycles. The number of para-hydroxylation sites is 1. The van der Waals surface area contributed by atoms with Crippen molar-refractivity contribution in [3.63, 3.8) is 0 Å². The van der Waals surface area contributed by atoms with Crippen molar-refractivity contribution in [2.45, 2.75) is 18.9 Å². The molecule has 0 saturated carbocycles. The minimum Gasteiger partial charge on any atom is -0.395 e. The molecule has 6 heteroatoms. The van der Waals surface area contributed by atoms with Crippen molar-refractivity contribution in [1.82, 2.24) is 4.90 Å². The molecule has 5 nitrogen and oxygen atoms in total. The summed E-state index contributed by atoms with van der Waals surface area (Å²) < 4.78 is 13.3. The van der Waals surface area contributed by atoms with E-state index in [0.717, 1.165) is 4.90 Å². The van der Waals surface area contributed by atoms with Gasteiger partial charge < -0.3 is 11.1 Å². The molecule has 96 valence electrons. The minimum atomic E-state index is -0.545. The van der Waals surface area contributed by atoms with E-state index in [4.69, 9.17) is 5.73 Å². The Hall–Kier alpha value is -2.11. The number of hydrogen-bond donors (Lipinski definition) is 2. The van der Waals surface area contributed by atoms with Crippen molar-refractivity contribution >= 4 is 23.2 Å². The minimum absolute atomic E-state index is 0.0233. The lowest BCUT2D eigenvalue weighted by atomic mass is 10.0. The number of nitrogens with two attached hydrogens (primary N) is 1. The molecule has 2 rings (SSSR count). The van der Waals surface area contributed by atoms with Crippen LogP contribution in [-0.2, 0) is 9.59 Å². The van der Waals surface area contributed by atoms with Gasteiger partial charge in [0.15, 0.2) is 0 Å². The highest BCUT2D eigenvalue weighted by Crippen LogP contribution is 2.24. The number of anilines is 2. The first kappa shape index (κ1) is 12.3. The molecule has 1 aromatic rings. The molecule has 1 saturated heterocycles. The molecule has 0 bridgehead atoms. The first-order chi connectivity index (χ1) is 8.50. The zero-order valence-corrected chi connectivity index (χ0v) is 9.94. The third-order valence-corrected chi connectivity index (χ3v) is 3.03. The van der Waals surface area contributed by atoms with E-state index < -0.39 is 11.9 Å². The molecular formula is C12H14FN3O2. The van der Waals surface area contributed by atoms with E-state index >= 15 is 0 Å². The zero-order valence-electron chi connectivity index (χ0n) is 9.94. The second-order valence-corrected chi connectivity index (χ2v) is 4.23. The number of likely N-dealkylation sites (tertiary alicyclic amines) is 1. The molecule has 1 atom stereocenters. The average Bonchev–Trinajstić information content (AvgIpc) is 2.35. The number of hydrogen-bond acceptors (Lipinski definition) is 4. The van der Waals surface area contributed by atoms with Crippen LogP contribution in [0.4, 0.5) is 15.8 Å². The third kappa shape index (κ3) is 2.13. The maximum absolute atomic E-state index is 13.3. The summed E-state index contributed by atoms with van der Waals surface area (Å²) >= 11 is 0. The highest BCUT2D eigenvalue weighted by molar-refractivity contribution is 6.01. The lowest BCUT2D eigenvalue weighted by Crippen LogP contribution is -2.48. The predicted molar refractivity (Wildman–Crippen MR) is 65.2 cm³/mol. The number of rotatable bonds is 2. The molecule has 2 amide bonds. The van der Waals surface area contributed by atoms with Crippen molar-refractivity contribution in [3.05, 3.63) is 24.0 Å². The van der Waals surface area contributed by atoms with Gasteiger partial charge in [0.2, 0.25) is 5.91 Å². The number of carbonyl (C=O) groups excluding carboxylic acids is 2. The molecule has 1 unspecified atom stereocenters. The highest BCUT2D eigenvalue weighted by atomic mass is 19.1. The Kier molecular flexibility index (Phi) is 3.18. The van der Waals surface area contributed by atoms with Gasteiger partial charge in [0.05, 0.1) is 11.4 Å². The van der Waals surface area contributed by atoms with Gasteiger partial charge >= 0.3 is 0 Å². The van der Waals surface area contributed by atoms with Gasteiger partial charge in [0.25, 0.3) is 5.91 Å². The van der Waals surface area contributed by atoms with Crippen LogP contribution in [0, 0.1) is 5.82 Å². The van der Waals surface area contributed by atoms with E-state index in [2.05, 4.69) is 5.32 Å². The van der Waals surface area contributed by atoms with Crippen LogP contribution >= 0.6 is 0 Å². The van der Waals surface area contributed by atoms with E-state index in [1.54, 1.807) is 6.07 Å². The summed E-state index contributed by atoms with van der Waals surface area (Å²) in [5.41, 5.74) is 5.93. The van der Waals surface area contributed by atoms with E-state index in [1.807, 2.05) is 0 Å². The van der Waals surface area contributed by atoms with E-state index in [1.165, 1.54) is 19.2 Å². The van der Waals surface area contributed by atoms with Crippen LogP contribution in [0.15, 0.2) is 18.2 Å². The number of nitrogen functional groups attached to an aromatic ring is 1. The number of nitrogens with one attached hydrogen (secondary N) is 1. The maximum atomic E-state index is 13.3. The summed E-state index contributed by atoms with van der Waals surface area (Å²) in [6.45, 7) is 0. The Balaban J connectivity index is 2.17. The molecule has 1 fully saturated rings. The third-order valence-electron chi connectivity index (χ3n) is 3.03.